The van der Waals surface area contributed by atoms with Gasteiger partial charge in [-0.2, -0.15) is 0 Å². The van der Waals surface area contributed by atoms with Crippen molar-refractivity contribution < 1.29 is 19.4 Å². The summed E-state index contributed by atoms with van der Waals surface area (Å²) in [5.41, 5.74) is 3.36. The number of fused-ring (bicyclic) bond motifs is 1. The summed E-state index contributed by atoms with van der Waals surface area (Å²) in [6, 6.07) is 5.76. The minimum atomic E-state index is -0.862. The summed E-state index contributed by atoms with van der Waals surface area (Å²) in [7, 11) is 3.26. The lowest BCUT2D eigenvalue weighted by Gasteiger charge is -2.29. The molecule has 0 radical (unpaired) electrons. The van der Waals surface area contributed by atoms with E-state index in [0.717, 1.165) is 40.8 Å². The van der Waals surface area contributed by atoms with Crippen molar-refractivity contribution in [1.82, 2.24) is 0 Å². The molecule has 0 unspecified atom stereocenters. The standard InChI is InChI=1S/C20H24O4S/c1-20(2)9-8-15-13(10-20)17(19(21)22)18(25-15)16-12(11-23-3)6-5-7-14(16)24-4/h5-7H,8-11H2,1-4H3,(H,21,22). The predicted molar refractivity (Wildman–Crippen MR) is 99.8 cm³/mol. The Labute approximate surface area is 152 Å². The van der Waals surface area contributed by atoms with Gasteiger partial charge >= 0.3 is 5.97 Å². The molecule has 1 aliphatic carbocycles. The van der Waals surface area contributed by atoms with Crippen molar-refractivity contribution in [2.45, 2.75) is 39.7 Å². The summed E-state index contributed by atoms with van der Waals surface area (Å²) in [5, 5.41) is 9.96. The number of aryl methyl sites for hydroxylation is 1. The van der Waals surface area contributed by atoms with Gasteiger partial charge in [0.05, 0.1) is 24.2 Å². The van der Waals surface area contributed by atoms with Gasteiger partial charge < -0.3 is 14.6 Å². The maximum absolute atomic E-state index is 12.1. The number of aromatic carboxylic acids is 1. The Bertz CT molecular complexity index is 804. The Morgan fingerprint density at radius 2 is 2.08 bits per heavy atom. The average Bonchev–Trinajstić information content (AvgIpc) is 2.91. The van der Waals surface area contributed by atoms with Gasteiger partial charge in [0.2, 0.25) is 0 Å². The maximum atomic E-state index is 12.1. The smallest absolute Gasteiger partial charge is 0.337 e. The number of carboxylic acid groups (broad SMARTS) is 1. The van der Waals surface area contributed by atoms with Crippen LogP contribution < -0.4 is 4.74 Å². The second-order valence-electron chi connectivity index (χ2n) is 7.28. The first-order valence-electron chi connectivity index (χ1n) is 8.41. The molecule has 0 saturated heterocycles. The first-order chi connectivity index (χ1) is 11.9. The molecule has 1 heterocycles. The largest absolute Gasteiger partial charge is 0.496 e. The van der Waals surface area contributed by atoms with Gasteiger partial charge in [0.15, 0.2) is 0 Å². The number of carbonyl (C=O) groups is 1. The molecular weight excluding hydrogens is 336 g/mol. The summed E-state index contributed by atoms with van der Waals surface area (Å²) in [5.74, 6) is -0.172. The quantitative estimate of drug-likeness (QED) is 0.833. The van der Waals surface area contributed by atoms with E-state index in [1.165, 1.54) is 4.88 Å². The first kappa shape index (κ1) is 18.0. The lowest BCUT2D eigenvalue weighted by Crippen LogP contribution is -2.22. The normalized spacial score (nSPS) is 15.7. The number of hydrogen-bond acceptors (Lipinski definition) is 4. The van der Waals surface area contributed by atoms with Crippen LogP contribution in [-0.2, 0) is 24.2 Å². The molecule has 25 heavy (non-hydrogen) atoms. The third-order valence-corrected chi connectivity index (χ3v) is 6.16. The highest BCUT2D eigenvalue weighted by Gasteiger charge is 2.34. The Morgan fingerprint density at radius 3 is 2.72 bits per heavy atom. The zero-order valence-electron chi connectivity index (χ0n) is 15.1. The Kier molecular flexibility index (Phi) is 4.89. The molecule has 5 heteroatoms. The molecule has 0 spiro atoms. The van der Waals surface area contributed by atoms with Crippen molar-refractivity contribution in [3.05, 3.63) is 39.8 Å². The maximum Gasteiger partial charge on any atom is 0.337 e. The van der Waals surface area contributed by atoms with E-state index in [9.17, 15) is 9.90 Å². The van der Waals surface area contributed by atoms with Crippen LogP contribution in [0.2, 0.25) is 0 Å². The average molecular weight is 360 g/mol. The molecule has 0 amide bonds. The molecule has 2 aromatic rings. The van der Waals surface area contributed by atoms with Crippen LogP contribution in [0.25, 0.3) is 10.4 Å². The third-order valence-electron chi connectivity index (χ3n) is 4.85. The van der Waals surface area contributed by atoms with E-state index in [4.69, 9.17) is 9.47 Å². The number of thiophene rings is 1. The summed E-state index contributed by atoms with van der Waals surface area (Å²) in [4.78, 5) is 14.1. The highest BCUT2D eigenvalue weighted by molar-refractivity contribution is 7.16. The van der Waals surface area contributed by atoms with Gasteiger partial charge in [-0.15, -0.1) is 11.3 Å². The number of benzene rings is 1. The Morgan fingerprint density at radius 1 is 1.32 bits per heavy atom. The summed E-state index contributed by atoms with van der Waals surface area (Å²) in [6.07, 6.45) is 2.81. The molecule has 3 rings (SSSR count). The first-order valence-corrected chi connectivity index (χ1v) is 9.22. The second-order valence-corrected chi connectivity index (χ2v) is 8.39. The van der Waals surface area contributed by atoms with Gasteiger partial charge in [0.1, 0.15) is 5.75 Å². The molecule has 1 N–H and O–H groups in total. The Balaban J connectivity index is 2.26. The molecule has 4 nitrogen and oxygen atoms in total. The van der Waals surface area contributed by atoms with Crippen LogP contribution in [0.1, 0.15) is 46.6 Å². The number of rotatable bonds is 5. The molecule has 1 aromatic carbocycles. The molecule has 1 aliphatic rings. The summed E-state index contributed by atoms with van der Waals surface area (Å²) < 4.78 is 10.9. The fourth-order valence-electron chi connectivity index (χ4n) is 3.60. The zero-order valence-corrected chi connectivity index (χ0v) is 16.0. The fourth-order valence-corrected chi connectivity index (χ4v) is 5.00. The predicted octanol–water partition coefficient (Wildman–Crippen LogP) is 4.78. The number of carboxylic acids is 1. The van der Waals surface area contributed by atoms with Crippen molar-refractivity contribution in [1.29, 1.82) is 0 Å². The van der Waals surface area contributed by atoms with E-state index in [1.54, 1.807) is 25.6 Å². The van der Waals surface area contributed by atoms with Crippen molar-refractivity contribution in [3.63, 3.8) is 0 Å². The van der Waals surface area contributed by atoms with Crippen LogP contribution in [0, 0.1) is 5.41 Å². The molecule has 0 atom stereocenters. The van der Waals surface area contributed by atoms with Crippen molar-refractivity contribution in [3.8, 4) is 16.2 Å². The van der Waals surface area contributed by atoms with E-state index in [2.05, 4.69) is 13.8 Å². The molecule has 1 aromatic heterocycles. The third kappa shape index (κ3) is 3.31. The van der Waals surface area contributed by atoms with E-state index >= 15 is 0 Å². The zero-order chi connectivity index (χ0) is 18.2. The lowest BCUT2D eigenvalue weighted by atomic mass is 9.76. The molecule has 0 saturated carbocycles. The monoisotopic (exact) mass is 360 g/mol. The van der Waals surface area contributed by atoms with E-state index < -0.39 is 5.97 Å². The fraction of sp³-hybridized carbons (Fsp3) is 0.450. The Hall–Kier alpha value is -1.85. The van der Waals surface area contributed by atoms with Crippen LogP contribution in [0.5, 0.6) is 5.75 Å². The van der Waals surface area contributed by atoms with Gasteiger partial charge in [0.25, 0.3) is 0 Å². The van der Waals surface area contributed by atoms with Gasteiger partial charge in [0, 0.05) is 17.6 Å². The molecule has 0 fully saturated rings. The number of ether oxygens (including phenoxy) is 2. The van der Waals surface area contributed by atoms with E-state index in [1.807, 2.05) is 18.2 Å². The van der Waals surface area contributed by atoms with Gasteiger partial charge in [-0.3, -0.25) is 0 Å². The topological polar surface area (TPSA) is 55.8 Å². The van der Waals surface area contributed by atoms with Crippen molar-refractivity contribution in [2.24, 2.45) is 5.41 Å². The lowest BCUT2D eigenvalue weighted by molar-refractivity contribution is 0.0696. The van der Waals surface area contributed by atoms with Gasteiger partial charge in [-0.1, -0.05) is 26.0 Å². The molecular formula is C20H24O4S. The van der Waals surface area contributed by atoms with Gasteiger partial charge in [-0.05, 0) is 41.9 Å². The number of methoxy groups -OCH3 is 2. The van der Waals surface area contributed by atoms with Crippen LogP contribution in [0.3, 0.4) is 0 Å². The summed E-state index contributed by atoms with van der Waals surface area (Å²) in [6.45, 7) is 4.83. The minimum absolute atomic E-state index is 0.131. The molecule has 0 aliphatic heterocycles. The van der Waals surface area contributed by atoms with Crippen LogP contribution in [0.4, 0.5) is 0 Å². The molecule has 0 bridgehead atoms. The van der Waals surface area contributed by atoms with E-state index in [-0.39, 0.29) is 5.41 Å². The van der Waals surface area contributed by atoms with Crippen molar-refractivity contribution >= 4 is 17.3 Å². The molecule has 134 valence electrons. The van der Waals surface area contributed by atoms with Crippen molar-refractivity contribution in [2.75, 3.05) is 14.2 Å². The van der Waals surface area contributed by atoms with Gasteiger partial charge in [-0.25, -0.2) is 4.79 Å². The van der Waals surface area contributed by atoms with E-state index in [0.29, 0.717) is 17.9 Å². The highest BCUT2D eigenvalue weighted by Crippen LogP contribution is 2.48. The van der Waals surface area contributed by atoms with Crippen LogP contribution >= 0.6 is 11.3 Å². The summed E-state index contributed by atoms with van der Waals surface area (Å²) >= 11 is 1.60. The number of hydrogen-bond donors (Lipinski definition) is 1. The minimum Gasteiger partial charge on any atom is -0.496 e. The van der Waals surface area contributed by atoms with Crippen LogP contribution in [-0.4, -0.2) is 25.3 Å². The SMILES string of the molecule is COCc1cccc(OC)c1-c1sc2c(c1C(=O)O)CC(C)(C)CC2. The highest BCUT2D eigenvalue weighted by atomic mass is 32.1. The van der Waals surface area contributed by atoms with Crippen LogP contribution in [0.15, 0.2) is 18.2 Å². The second kappa shape index (κ2) is 6.81.